The molecule has 1 aliphatic heterocycles. The Balaban J connectivity index is 1.97. The lowest BCUT2D eigenvalue weighted by Gasteiger charge is -2.41. The fourth-order valence-corrected chi connectivity index (χ4v) is 3.42. The van der Waals surface area contributed by atoms with Crippen molar-refractivity contribution in [1.82, 2.24) is 10.2 Å². The minimum atomic E-state index is 0.798. The van der Waals surface area contributed by atoms with E-state index >= 15 is 0 Å². The van der Waals surface area contributed by atoms with Crippen LogP contribution >= 0.6 is 0 Å². The first-order chi connectivity index (χ1) is 7.33. The molecule has 2 unspecified atom stereocenters. The fraction of sp³-hybridized carbons (Fsp3) is 1.00. The monoisotopic (exact) mass is 210 g/mol. The van der Waals surface area contributed by atoms with Crippen molar-refractivity contribution in [3.63, 3.8) is 0 Å². The summed E-state index contributed by atoms with van der Waals surface area (Å²) >= 11 is 0. The van der Waals surface area contributed by atoms with E-state index in [2.05, 4.69) is 24.1 Å². The lowest BCUT2D eigenvalue weighted by molar-refractivity contribution is 0.0855. The van der Waals surface area contributed by atoms with Crippen molar-refractivity contribution in [2.24, 2.45) is 5.92 Å². The predicted molar refractivity (Wildman–Crippen MR) is 65.1 cm³/mol. The first-order valence-corrected chi connectivity index (χ1v) is 6.79. The smallest absolute Gasteiger partial charge is 0.0249 e. The third kappa shape index (κ3) is 2.54. The van der Waals surface area contributed by atoms with Gasteiger partial charge in [-0.3, -0.25) is 4.90 Å². The van der Waals surface area contributed by atoms with Gasteiger partial charge in [0, 0.05) is 18.6 Å². The normalized spacial score (nSPS) is 33.8. The van der Waals surface area contributed by atoms with Gasteiger partial charge in [0.1, 0.15) is 0 Å². The van der Waals surface area contributed by atoms with E-state index in [1.807, 2.05) is 0 Å². The minimum absolute atomic E-state index is 0.798. The Kier molecular flexibility index (Phi) is 4.04. The second-order valence-corrected chi connectivity index (χ2v) is 5.31. The van der Waals surface area contributed by atoms with E-state index in [4.69, 9.17) is 0 Å². The van der Waals surface area contributed by atoms with Gasteiger partial charge in [0.25, 0.3) is 0 Å². The molecule has 2 fully saturated rings. The van der Waals surface area contributed by atoms with Crippen molar-refractivity contribution in [2.45, 2.75) is 58.0 Å². The van der Waals surface area contributed by atoms with Crippen LogP contribution in [0.5, 0.6) is 0 Å². The summed E-state index contributed by atoms with van der Waals surface area (Å²) in [6.07, 6.45) is 7.15. The molecule has 2 aliphatic rings. The van der Waals surface area contributed by atoms with Gasteiger partial charge in [0.2, 0.25) is 0 Å². The molecule has 0 aromatic rings. The van der Waals surface area contributed by atoms with Crippen molar-refractivity contribution < 1.29 is 0 Å². The third-order valence-electron chi connectivity index (χ3n) is 4.37. The molecule has 88 valence electrons. The molecule has 0 spiro atoms. The van der Waals surface area contributed by atoms with Crippen LogP contribution in [0.4, 0.5) is 0 Å². The van der Waals surface area contributed by atoms with Crippen LogP contribution < -0.4 is 5.32 Å². The number of nitrogens with one attached hydrogen (secondary N) is 1. The molecule has 2 heteroatoms. The molecule has 2 nitrogen and oxygen atoms in total. The highest BCUT2D eigenvalue weighted by atomic mass is 15.2. The largest absolute Gasteiger partial charge is 0.315 e. The van der Waals surface area contributed by atoms with Crippen LogP contribution in [0.3, 0.4) is 0 Å². The molecule has 1 heterocycles. The maximum absolute atomic E-state index is 3.56. The summed E-state index contributed by atoms with van der Waals surface area (Å²) in [5.74, 6) is 0.881. The second kappa shape index (κ2) is 5.31. The molecule has 0 amide bonds. The average Bonchev–Trinajstić information content (AvgIpc) is 2.75. The molecule has 0 bridgehead atoms. The van der Waals surface area contributed by atoms with Crippen LogP contribution in [0.15, 0.2) is 0 Å². The number of likely N-dealkylation sites (N-methyl/N-ethyl adjacent to an activating group) is 1. The van der Waals surface area contributed by atoms with Gasteiger partial charge in [0.15, 0.2) is 0 Å². The maximum atomic E-state index is 3.56. The van der Waals surface area contributed by atoms with Crippen molar-refractivity contribution >= 4 is 0 Å². The molecule has 2 rings (SSSR count). The highest BCUT2D eigenvalue weighted by Gasteiger charge is 2.31. The zero-order chi connectivity index (χ0) is 10.7. The van der Waals surface area contributed by atoms with Crippen molar-refractivity contribution in [2.75, 3.05) is 19.6 Å². The van der Waals surface area contributed by atoms with E-state index in [-0.39, 0.29) is 0 Å². The fourth-order valence-electron chi connectivity index (χ4n) is 3.42. The Hall–Kier alpha value is -0.0800. The molecule has 15 heavy (non-hydrogen) atoms. The molecule has 1 aliphatic carbocycles. The Morgan fingerprint density at radius 3 is 2.53 bits per heavy atom. The molecule has 0 aromatic carbocycles. The highest BCUT2D eigenvalue weighted by Crippen LogP contribution is 2.28. The zero-order valence-electron chi connectivity index (χ0n) is 10.3. The van der Waals surface area contributed by atoms with Crippen LogP contribution in [0, 0.1) is 5.92 Å². The van der Waals surface area contributed by atoms with Crippen LogP contribution in [0.2, 0.25) is 0 Å². The van der Waals surface area contributed by atoms with Gasteiger partial charge in [-0.1, -0.05) is 26.7 Å². The summed E-state index contributed by atoms with van der Waals surface area (Å²) in [6.45, 7) is 8.44. The van der Waals surface area contributed by atoms with Gasteiger partial charge < -0.3 is 5.32 Å². The first-order valence-electron chi connectivity index (χ1n) is 6.79. The molecule has 0 radical (unpaired) electrons. The van der Waals surface area contributed by atoms with Gasteiger partial charge in [-0.05, 0) is 38.3 Å². The van der Waals surface area contributed by atoms with Crippen LogP contribution in [-0.4, -0.2) is 36.6 Å². The van der Waals surface area contributed by atoms with Gasteiger partial charge in [-0.2, -0.15) is 0 Å². The molecule has 2 atom stereocenters. The van der Waals surface area contributed by atoms with Crippen molar-refractivity contribution in [3.05, 3.63) is 0 Å². The van der Waals surface area contributed by atoms with E-state index in [0.717, 1.165) is 18.0 Å². The van der Waals surface area contributed by atoms with Gasteiger partial charge >= 0.3 is 0 Å². The summed E-state index contributed by atoms with van der Waals surface area (Å²) in [4.78, 5) is 2.78. The first kappa shape index (κ1) is 11.4. The Bertz CT molecular complexity index is 187. The van der Waals surface area contributed by atoms with Gasteiger partial charge in [0.05, 0.1) is 0 Å². The molecule has 1 saturated carbocycles. The molecule has 0 aromatic heterocycles. The summed E-state index contributed by atoms with van der Waals surface area (Å²) in [7, 11) is 0. The summed E-state index contributed by atoms with van der Waals surface area (Å²) in [5, 5.41) is 3.56. The minimum Gasteiger partial charge on any atom is -0.315 e. The summed E-state index contributed by atoms with van der Waals surface area (Å²) < 4.78 is 0. The second-order valence-electron chi connectivity index (χ2n) is 5.31. The standard InChI is InChI=1S/C13H26N2/c1-3-15(12-6-4-5-7-12)13-10-14-9-8-11(13)2/h11-14H,3-10H2,1-2H3. The maximum Gasteiger partial charge on any atom is 0.0249 e. The van der Waals surface area contributed by atoms with E-state index < -0.39 is 0 Å². The van der Waals surface area contributed by atoms with Gasteiger partial charge in [-0.25, -0.2) is 0 Å². The average molecular weight is 210 g/mol. The lowest BCUT2D eigenvalue weighted by atomic mass is 9.92. The van der Waals surface area contributed by atoms with E-state index in [1.165, 1.54) is 51.7 Å². The van der Waals surface area contributed by atoms with Crippen molar-refractivity contribution in [3.8, 4) is 0 Å². The number of rotatable bonds is 3. The van der Waals surface area contributed by atoms with Crippen LogP contribution in [0.25, 0.3) is 0 Å². The quantitative estimate of drug-likeness (QED) is 0.768. The Morgan fingerprint density at radius 2 is 1.93 bits per heavy atom. The third-order valence-corrected chi connectivity index (χ3v) is 4.37. The lowest BCUT2D eigenvalue weighted by Crippen LogP contribution is -2.53. The SMILES string of the molecule is CCN(C1CCCC1)C1CNCCC1C. The topological polar surface area (TPSA) is 15.3 Å². The Labute approximate surface area is 94.4 Å². The van der Waals surface area contributed by atoms with E-state index in [0.29, 0.717) is 0 Å². The number of hydrogen-bond donors (Lipinski definition) is 1. The number of piperidine rings is 1. The summed E-state index contributed by atoms with van der Waals surface area (Å²) in [6, 6.07) is 1.69. The molecule has 1 saturated heterocycles. The number of hydrogen-bond acceptors (Lipinski definition) is 2. The van der Waals surface area contributed by atoms with Crippen LogP contribution in [-0.2, 0) is 0 Å². The van der Waals surface area contributed by atoms with Crippen LogP contribution in [0.1, 0.15) is 46.0 Å². The van der Waals surface area contributed by atoms with E-state index in [9.17, 15) is 0 Å². The highest BCUT2D eigenvalue weighted by molar-refractivity contribution is 4.88. The molecular weight excluding hydrogens is 184 g/mol. The van der Waals surface area contributed by atoms with E-state index in [1.54, 1.807) is 0 Å². The molecule has 1 N–H and O–H groups in total. The Morgan fingerprint density at radius 1 is 1.20 bits per heavy atom. The number of nitrogens with zero attached hydrogens (tertiary/aromatic N) is 1. The zero-order valence-corrected chi connectivity index (χ0v) is 10.3. The predicted octanol–water partition coefficient (Wildman–Crippen LogP) is 2.25. The van der Waals surface area contributed by atoms with Crippen molar-refractivity contribution in [1.29, 1.82) is 0 Å². The van der Waals surface area contributed by atoms with Gasteiger partial charge in [-0.15, -0.1) is 0 Å². The molecular formula is C13H26N2. The summed E-state index contributed by atoms with van der Waals surface area (Å²) in [5.41, 5.74) is 0.